The van der Waals surface area contributed by atoms with E-state index >= 15 is 0 Å². The molecule has 0 radical (unpaired) electrons. The Balaban J connectivity index is 1.27. The van der Waals surface area contributed by atoms with Gasteiger partial charge in [-0.25, -0.2) is 0 Å². The molecule has 5 aromatic rings. The molecule has 1 aliphatic heterocycles. The Morgan fingerprint density at radius 2 is 1.81 bits per heavy atom. The normalized spacial score (nSPS) is 14.3. The molecule has 1 fully saturated rings. The summed E-state index contributed by atoms with van der Waals surface area (Å²) < 4.78 is 14.0. The predicted molar refractivity (Wildman–Crippen MR) is 165 cm³/mol. The lowest BCUT2D eigenvalue weighted by atomic mass is 10.1. The molecule has 6 rings (SSSR count). The quantitative estimate of drug-likeness (QED) is 0.205. The number of rotatable bonds is 10. The van der Waals surface area contributed by atoms with Crippen LogP contribution in [-0.2, 0) is 6.54 Å². The van der Waals surface area contributed by atoms with Crippen LogP contribution < -0.4 is 15.2 Å². The van der Waals surface area contributed by atoms with Gasteiger partial charge >= 0.3 is 0 Å². The van der Waals surface area contributed by atoms with Crippen LogP contribution in [0.4, 0.5) is 0 Å². The molecule has 3 heterocycles. The van der Waals surface area contributed by atoms with Crippen LogP contribution in [0.3, 0.4) is 0 Å². The van der Waals surface area contributed by atoms with E-state index in [1.54, 1.807) is 42.7 Å². The second-order valence-electron chi connectivity index (χ2n) is 10.7. The van der Waals surface area contributed by atoms with Gasteiger partial charge in [-0.05, 0) is 72.1 Å². The van der Waals surface area contributed by atoms with Crippen molar-refractivity contribution < 1.29 is 24.2 Å². The highest BCUT2D eigenvalue weighted by Crippen LogP contribution is 2.31. The highest BCUT2D eigenvalue weighted by Gasteiger charge is 2.21. The van der Waals surface area contributed by atoms with Crippen LogP contribution >= 0.6 is 11.6 Å². The lowest BCUT2D eigenvalue weighted by Gasteiger charge is -2.29. The largest absolute Gasteiger partial charge is 0.485 e. The number of carbonyl (C=O) groups is 2. The molecule has 3 N–H and O–H groups in total. The van der Waals surface area contributed by atoms with Crippen LogP contribution in [0.15, 0.2) is 79.3 Å². The molecule has 1 amide bonds. The molecule has 220 valence electrons. The number of fused-ring (bicyclic) bond motifs is 2. The number of Topliss-reactive ketones (excluding diaryl/α,β-unsaturated/α-hetero) is 1. The standard InChI is InChI=1S/C33H31ClN4O5/c34-23-4-3-21-16-32(28(33(35)41)15-22(21)14-23)42-20-31(40)29-19-38(13-12-37-10-7-24(39)8-11-37)30-17-25(5-6-27(29)30)43-26-2-1-9-36-18-26/h1-6,9,14-19,24,39H,7-8,10-13,20H2,(H2,35,41). The molecular formula is C33H31ClN4O5. The van der Waals surface area contributed by atoms with Gasteiger partial charge in [0, 0.05) is 60.6 Å². The molecule has 0 saturated carbocycles. The first kappa shape index (κ1) is 28.7. The molecule has 0 atom stereocenters. The van der Waals surface area contributed by atoms with E-state index in [2.05, 4.69) is 14.5 Å². The lowest BCUT2D eigenvalue weighted by Crippen LogP contribution is -2.37. The van der Waals surface area contributed by atoms with E-state index in [-0.39, 0.29) is 29.8 Å². The molecule has 43 heavy (non-hydrogen) atoms. The molecule has 2 aromatic heterocycles. The number of aliphatic hydroxyl groups excluding tert-OH is 1. The van der Waals surface area contributed by atoms with Crippen molar-refractivity contribution >= 4 is 45.0 Å². The third-order valence-corrected chi connectivity index (χ3v) is 8.00. The summed E-state index contributed by atoms with van der Waals surface area (Å²) in [6.07, 6.45) is 6.44. The molecule has 9 nitrogen and oxygen atoms in total. The van der Waals surface area contributed by atoms with Crippen LogP contribution in [0, 0.1) is 0 Å². The second kappa shape index (κ2) is 12.4. The fourth-order valence-corrected chi connectivity index (χ4v) is 5.64. The first-order valence-corrected chi connectivity index (χ1v) is 14.5. The Bertz CT molecular complexity index is 1800. The molecule has 3 aromatic carbocycles. The highest BCUT2D eigenvalue weighted by atomic mass is 35.5. The molecule has 0 bridgehead atoms. The Kier molecular flexibility index (Phi) is 8.29. The van der Waals surface area contributed by atoms with Gasteiger partial charge in [0.15, 0.2) is 6.61 Å². The van der Waals surface area contributed by atoms with Crippen molar-refractivity contribution in [2.75, 3.05) is 26.2 Å². The van der Waals surface area contributed by atoms with Crippen molar-refractivity contribution in [3.05, 3.63) is 95.4 Å². The number of nitrogens with two attached hydrogens (primary N) is 1. The van der Waals surface area contributed by atoms with E-state index in [4.69, 9.17) is 26.8 Å². The van der Waals surface area contributed by atoms with E-state index in [9.17, 15) is 14.7 Å². The first-order valence-electron chi connectivity index (χ1n) is 14.1. The number of primary amides is 1. The molecule has 10 heteroatoms. The van der Waals surface area contributed by atoms with Crippen LogP contribution in [-0.4, -0.2) is 63.6 Å². The summed E-state index contributed by atoms with van der Waals surface area (Å²) in [7, 11) is 0. The van der Waals surface area contributed by atoms with Crippen LogP contribution in [0.1, 0.15) is 33.6 Å². The summed E-state index contributed by atoms with van der Waals surface area (Å²) in [6.45, 7) is 2.80. The third-order valence-electron chi connectivity index (χ3n) is 7.76. The Morgan fingerprint density at radius 1 is 0.977 bits per heavy atom. The van der Waals surface area contributed by atoms with Crippen LogP contribution in [0.25, 0.3) is 21.7 Å². The summed E-state index contributed by atoms with van der Waals surface area (Å²) in [5.74, 6) is 0.571. The number of halogens is 1. The fraction of sp³-hybridized carbons (Fsp3) is 0.242. The maximum Gasteiger partial charge on any atom is 0.252 e. The predicted octanol–water partition coefficient (Wildman–Crippen LogP) is 5.45. The van der Waals surface area contributed by atoms with Crippen molar-refractivity contribution in [2.45, 2.75) is 25.5 Å². The van der Waals surface area contributed by atoms with Gasteiger partial charge in [0.25, 0.3) is 5.91 Å². The zero-order valence-corrected chi connectivity index (χ0v) is 24.2. The van der Waals surface area contributed by atoms with Crippen molar-refractivity contribution in [3.63, 3.8) is 0 Å². The average Bonchev–Trinajstić information content (AvgIpc) is 3.37. The third kappa shape index (κ3) is 6.49. The second-order valence-corrected chi connectivity index (χ2v) is 11.1. The Labute approximate surface area is 253 Å². The van der Waals surface area contributed by atoms with Crippen molar-refractivity contribution in [3.8, 4) is 17.2 Å². The highest BCUT2D eigenvalue weighted by molar-refractivity contribution is 6.31. The Morgan fingerprint density at radius 3 is 2.58 bits per heavy atom. The molecular weight excluding hydrogens is 568 g/mol. The maximum atomic E-state index is 13.6. The number of likely N-dealkylation sites (tertiary alicyclic amines) is 1. The number of pyridine rings is 1. The van der Waals surface area contributed by atoms with Gasteiger partial charge in [-0.2, -0.15) is 0 Å². The monoisotopic (exact) mass is 598 g/mol. The minimum absolute atomic E-state index is 0.175. The van der Waals surface area contributed by atoms with E-state index in [1.165, 1.54) is 0 Å². The van der Waals surface area contributed by atoms with Gasteiger partial charge in [0.2, 0.25) is 5.78 Å². The lowest BCUT2D eigenvalue weighted by molar-refractivity contribution is 0.0811. The van der Waals surface area contributed by atoms with Gasteiger partial charge in [-0.1, -0.05) is 17.7 Å². The number of ketones is 1. The minimum Gasteiger partial charge on any atom is -0.485 e. The van der Waals surface area contributed by atoms with E-state index in [0.29, 0.717) is 28.6 Å². The van der Waals surface area contributed by atoms with Crippen molar-refractivity contribution in [1.29, 1.82) is 0 Å². The molecule has 0 unspecified atom stereocenters. The van der Waals surface area contributed by atoms with E-state index in [0.717, 1.165) is 54.2 Å². The summed E-state index contributed by atoms with van der Waals surface area (Å²) in [5.41, 5.74) is 7.17. The maximum absolute atomic E-state index is 13.6. The average molecular weight is 599 g/mol. The van der Waals surface area contributed by atoms with Gasteiger partial charge < -0.3 is 29.8 Å². The van der Waals surface area contributed by atoms with Gasteiger partial charge in [-0.3, -0.25) is 14.6 Å². The number of nitrogens with zero attached hydrogens (tertiary/aromatic N) is 3. The molecule has 1 saturated heterocycles. The number of ether oxygens (including phenoxy) is 2. The molecule has 0 spiro atoms. The van der Waals surface area contributed by atoms with Gasteiger partial charge in [0.1, 0.15) is 17.2 Å². The summed E-state index contributed by atoms with van der Waals surface area (Å²) in [5, 5.41) is 12.7. The Hall–Kier alpha value is -4.44. The number of hydrogen-bond donors (Lipinski definition) is 2. The van der Waals surface area contributed by atoms with Crippen LogP contribution in [0.2, 0.25) is 5.02 Å². The number of aliphatic hydroxyl groups is 1. The van der Waals surface area contributed by atoms with E-state index < -0.39 is 5.91 Å². The van der Waals surface area contributed by atoms with Gasteiger partial charge in [-0.15, -0.1) is 0 Å². The van der Waals surface area contributed by atoms with Gasteiger partial charge in [0.05, 0.1) is 23.4 Å². The number of hydrogen-bond acceptors (Lipinski definition) is 7. The fourth-order valence-electron chi connectivity index (χ4n) is 5.46. The number of carbonyl (C=O) groups excluding carboxylic acids is 2. The van der Waals surface area contributed by atoms with Crippen molar-refractivity contribution in [1.82, 2.24) is 14.5 Å². The minimum atomic E-state index is -0.660. The molecule has 0 aliphatic carbocycles. The zero-order valence-electron chi connectivity index (χ0n) is 23.4. The van der Waals surface area contributed by atoms with E-state index in [1.807, 2.05) is 36.5 Å². The summed E-state index contributed by atoms with van der Waals surface area (Å²) in [6, 6.07) is 17.9. The zero-order chi connectivity index (χ0) is 29.9. The number of benzene rings is 3. The molecule has 1 aliphatic rings. The first-order chi connectivity index (χ1) is 20.8. The number of aromatic nitrogens is 2. The smallest absolute Gasteiger partial charge is 0.252 e. The number of piperidine rings is 1. The SMILES string of the molecule is NC(=O)c1cc2cc(Cl)ccc2cc1OCC(=O)c1cn(CCN2CCC(O)CC2)c2cc(Oc3cccnc3)ccc12. The number of amides is 1. The van der Waals surface area contributed by atoms with Crippen LogP contribution in [0.5, 0.6) is 17.2 Å². The summed E-state index contributed by atoms with van der Waals surface area (Å²) in [4.78, 5) is 32.2. The topological polar surface area (TPSA) is 120 Å². The van der Waals surface area contributed by atoms with Crippen molar-refractivity contribution in [2.24, 2.45) is 5.73 Å². The summed E-state index contributed by atoms with van der Waals surface area (Å²) >= 11 is 6.12.